The van der Waals surface area contributed by atoms with E-state index < -0.39 is 16.3 Å². The van der Waals surface area contributed by atoms with E-state index in [1.54, 1.807) is 18.5 Å². The van der Waals surface area contributed by atoms with Crippen LogP contribution in [0.4, 0.5) is 8.78 Å². The summed E-state index contributed by atoms with van der Waals surface area (Å²) in [5, 5.41) is 9.92. The number of nitrogens with two attached hydrogens (primary N) is 1. The van der Waals surface area contributed by atoms with E-state index in [2.05, 4.69) is 36.5 Å². The third-order valence-corrected chi connectivity index (χ3v) is 7.69. The molecule has 0 spiro atoms. The maximum absolute atomic E-state index is 13.6. The topological polar surface area (TPSA) is 69.2 Å². The molecule has 1 aromatic carbocycles. The first kappa shape index (κ1) is 23.8. The van der Waals surface area contributed by atoms with E-state index in [0.29, 0.717) is 25.8 Å². The molecule has 1 aliphatic carbocycles. The Kier molecular flexibility index (Phi) is 5.49. The summed E-state index contributed by atoms with van der Waals surface area (Å²) < 4.78 is 26.7. The van der Waals surface area contributed by atoms with Crippen LogP contribution >= 0.6 is 12.6 Å². The average Bonchev–Trinajstić information content (AvgIpc) is 3.15. The number of hydrogen-bond donors (Lipinski definition) is 3. The van der Waals surface area contributed by atoms with Crippen LogP contribution in [0.15, 0.2) is 82.0 Å². The molecular formula is C26H30F2N6S. The predicted molar refractivity (Wildman–Crippen MR) is 139 cm³/mol. The van der Waals surface area contributed by atoms with Crippen molar-refractivity contribution in [3.05, 3.63) is 83.0 Å². The summed E-state index contributed by atoms with van der Waals surface area (Å²) in [6.07, 6.45) is 5.55. The molecule has 184 valence electrons. The van der Waals surface area contributed by atoms with Crippen LogP contribution in [0, 0.1) is 0 Å². The molecule has 0 saturated heterocycles. The summed E-state index contributed by atoms with van der Waals surface area (Å²) in [5.41, 5.74) is 11.7. The van der Waals surface area contributed by atoms with Crippen LogP contribution < -0.4 is 11.1 Å². The minimum absolute atomic E-state index is 0.0147. The number of hydrazone groups is 1. The zero-order chi connectivity index (χ0) is 25.2. The number of halogens is 2. The number of allylic oxidation sites excluding steroid dienone is 2. The van der Waals surface area contributed by atoms with E-state index in [0.717, 1.165) is 53.1 Å². The normalized spacial score (nSPS) is 28.5. The molecule has 0 bridgehead atoms. The van der Waals surface area contributed by atoms with Gasteiger partial charge in [0.15, 0.2) is 0 Å². The van der Waals surface area contributed by atoms with E-state index >= 15 is 0 Å². The first-order chi connectivity index (χ1) is 16.4. The molecule has 4 aliphatic rings. The van der Waals surface area contributed by atoms with E-state index in [9.17, 15) is 8.78 Å². The van der Waals surface area contributed by atoms with Crippen LogP contribution in [0.1, 0.15) is 44.2 Å². The summed E-state index contributed by atoms with van der Waals surface area (Å²) in [7, 11) is 0. The number of thiol groups is 1. The van der Waals surface area contributed by atoms with Gasteiger partial charge in [0, 0.05) is 60.0 Å². The standard InChI is InChI=1S/C26H30F2N6S/c1-16-9-10-30-23-22(16)18(3)33(15-31-23)12-21-11-17(2)34(32-21)26(29)13-25(35,14-26)20-7-5-19(6-8-20)24(4,27)28/h5-9,15,30,35H,2-3,10-14,29H2,1,4H3/t25-,26-. The molecule has 3 aliphatic heterocycles. The second-order valence-electron chi connectivity index (χ2n) is 9.99. The highest BCUT2D eigenvalue weighted by Crippen LogP contribution is 2.55. The van der Waals surface area contributed by atoms with Crippen molar-refractivity contribution in [2.45, 2.75) is 49.4 Å². The highest BCUT2D eigenvalue weighted by atomic mass is 32.1. The van der Waals surface area contributed by atoms with Crippen LogP contribution in [0.5, 0.6) is 0 Å². The fourth-order valence-electron chi connectivity index (χ4n) is 5.27. The van der Waals surface area contributed by atoms with Crippen LogP contribution in [-0.2, 0) is 10.7 Å². The highest BCUT2D eigenvalue weighted by molar-refractivity contribution is 7.81. The Morgan fingerprint density at radius 2 is 1.91 bits per heavy atom. The first-order valence-corrected chi connectivity index (χ1v) is 12.0. The van der Waals surface area contributed by atoms with Crippen molar-refractivity contribution >= 4 is 24.7 Å². The molecule has 9 heteroatoms. The highest BCUT2D eigenvalue weighted by Gasteiger charge is 2.56. The second-order valence-corrected chi connectivity index (χ2v) is 10.8. The average molecular weight is 497 g/mol. The SMILES string of the molecule is C=C1C2=C(N=CN1CC1=NN([C@]3(N)C[C@](S)(c4ccc(C(C)(F)F)cc4)C3)C(=C)C1)NCC=C2C. The molecule has 35 heavy (non-hydrogen) atoms. The summed E-state index contributed by atoms with van der Waals surface area (Å²) in [6.45, 7) is 12.7. The van der Waals surface area contributed by atoms with Gasteiger partial charge in [-0.1, -0.05) is 43.5 Å². The Morgan fingerprint density at radius 1 is 1.23 bits per heavy atom. The molecule has 5 rings (SSSR count). The van der Waals surface area contributed by atoms with Crippen molar-refractivity contribution in [1.82, 2.24) is 15.2 Å². The molecule has 0 atom stereocenters. The summed E-state index contributed by atoms with van der Waals surface area (Å²) in [6, 6.07) is 6.35. The lowest BCUT2D eigenvalue weighted by Gasteiger charge is -2.55. The van der Waals surface area contributed by atoms with Gasteiger partial charge in [0.1, 0.15) is 11.5 Å². The van der Waals surface area contributed by atoms with Crippen LogP contribution in [0.2, 0.25) is 0 Å². The van der Waals surface area contributed by atoms with Gasteiger partial charge in [0.05, 0.1) is 18.6 Å². The Balaban J connectivity index is 1.27. The molecule has 6 nitrogen and oxygen atoms in total. The van der Waals surface area contributed by atoms with Gasteiger partial charge in [-0.05, 0) is 18.1 Å². The number of nitrogens with one attached hydrogen (secondary N) is 1. The monoisotopic (exact) mass is 496 g/mol. The molecule has 1 saturated carbocycles. The largest absolute Gasteiger partial charge is 0.366 e. The Hall–Kier alpha value is -2.91. The van der Waals surface area contributed by atoms with Gasteiger partial charge in [-0.2, -0.15) is 17.7 Å². The molecule has 3 N–H and O–H groups in total. The Bertz CT molecular complexity index is 1220. The van der Waals surface area contributed by atoms with Gasteiger partial charge in [0.2, 0.25) is 0 Å². The minimum atomic E-state index is -2.87. The van der Waals surface area contributed by atoms with Gasteiger partial charge in [-0.15, -0.1) is 0 Å². The minimum Gasteiger partial charge on any atom is -0.366 e. The molecule has 0 radical (unpaired) electrons. The van der Waals surface area contributed by atoms with Gasteiger partial charge < -0.3 is 16.0 Å². The van der Waals surface area contributed by atoms with Crippen molar-refractivity contribution in [2.75, 3.05) is 13.1 Å². The summed E-state index contributed by atoms with van der Waals surface area (Å²) in [5.74, 6) is -2.02. The number of aliphatic imine (C=N–C) groups is 1. The van der Waals surface area contributed by atoms with Gasteiger partial charge in [0.25, 0.3) is 5.92 Å². The summed E-state index contributed by atoms with van der Waals surface area (Å²) >= 11 is 4.87. The third-order valence-electron chi connectivity index (χ3n) is 7.12. The van der Waals surface area contributed by atoms with Crippen molar-refractivity contribution in [2.24, 2.45) is 15.8 Å². The van der Waals surface area contributed by atoms with Crippen molar-refractivity contribution in [3.8, 4) is 0 Å². The zero-order valence-electron chi connectivity index (χ0n) is 20.0. The molecule has 0 unspecified atom stereocenters. The van der Waals surface area contributed by atoms with Crippen LogP contribution in [0.3, 0.4) is 0 Å². The van der Waals surface area contributed by atoms with Crippen LogP contribution in [0.25, 0.3) is 0 Å². The number of benzene rings is 1. The quantitative estimate of drug-likeness (QED) is 0.523. The van der Waals surface area contributed by atoms with E-state index in [1.165, 1.54) is 12.1 Å². The molecule has 1 fully saturated rings. The predicted octanol–water partition coefficient (Wildman–Crippen LogP) is 4.57. The van der Waals surface area contributed by atoms with E-state index in [4.69, 9.17) is 23.5 Å². The molecule has 0 amide bonds. The van der Waals surface area contributed by atoms with Gasteiger partial charge >= 0.3 is 0 Å². The summed E-state index contributed by atoms with van der Waals surface area (Å²) in [4.78, 5) is 6.56. The number of dihydropyridines is 1. The van der Waals surface area contributed by atoms with Crippen molar-refractivity contribution in [1.29, 1.82) is 0 Å². The van der Waals surface area contributed by atoms with Gasteiger partial charge in [-0.25, -0.2) is 18.8 Å². The number of alkyl halides is 2. The third kappa shape index (κ3) is 4.10. The van der Waals surface area contributed by atoms with E-state index in [1.807, 2.05) is 9.91 Å². The molecule has 1 aromatic rings. The van der Waals surface area contributed by atoms with Crippen LogP contribution in [-0.4, -0.2) is 40.7 Å². The van der Waals surface area contributed by atoms with Crippen molar-refractivity contribution < 1.29 is 8.78 Å². The van der Waals surface area contributed by atoms with Crippen molar-refractivity contribution in [3.63, 3.8) is 0 Å². The number of rotatable bonds is 5. The first-order valence-electron chi connectivity index (χ1n) is 11.6. The fourth-order valence-corrected chi connectivity index (χ4v) is 5.97. The lowest BCUT2D eigenvalue weighted by atomic mass is 9.69. The second kappa shape index (κ2) is 8.06. The zero-order valence-corrected chi connectivity index (χ0v) is 20.9. The number of hydrogen-bond acceptors (Lipinski definition) is 7. The maximum Gasteiger partial charge on any atom is 0.270 e. The Labute approximate surface area is 210 Å². The maximum atomic E-state index is 13.6. The molecule has 3 heterocycles. The Morgan fingerprint density at radius 3 is 2.57 bits per heavy atom. The molecular weight excluding hydrogens is 466 g/mol. The van der Waals surface area contributed by atoms with E-state index in [-0.39, 0.29) is 5.56 Å². The number of nitrogens with zero attached hydrogens (tertiary/aromatic N) is 4. The molecule has 0 aromatic heterocycles. The lowest BCUT2D eigenvalue weighted by Crippen LogP contribution is -2.65. The lowest BCUT2D eigenvalue weighted by molar-refractivity contribution is 0.0167. The van der Waals surface area contributed by atoms with Gasteiger partial charge in [-0.3, -0.25) is 0 Å². The fraction of sp³-hybridized carbons (Fsp3) is 0.385. The smallest absolute Gasteiger partial charge is 0.270 e.